The first kappa shape index (κ1) is 16.1. The highest BCUT2D eigenvalue weighted by atomic mass is 19.1. The molecule has 4 rings (SSSR count). The zero-order valence-corrected chi connectivity index (χ0v) is 14.2. The molecule has 0 saturated carbocycles. The van der Waals surface area contributed by atoms with E-state index in [1.807, 2.05) is 29.2 Å². The van der Waals surface area contributed by atoms with Crippen LogP contribution in [0.4, 0.5) is 4.39 Å². The van der Waals surface area contributed by atoms with E-state index in [-0.39, 0.29) is 11.7 Å². The van der Waals surface area contributed by atoms with Crippen LogP contribution in [-0.2, 0) is 0 Å². The second-order valence-corrected chi connectivity index (χ2v) is 6.70. The number of amides is 1. The van der Waals surface area contributed by atoms with Crippen LogP contribution in [0.15, 0.2) is 42.5 Å². The molecule has 0 aromatic heterocycles. The fourth-order valence-corrected chi connectivity index (χ4v) is 3.94. The van der Waals surface area contributed by atoms with E-state index >= 15 is 0 Å². The average Bonchev–Trinajstić information content (AvgIpc) is 3.25. The smallest absolute Gasteiger partial charge is 0.254 e. The second-order valence-electron chi connectivity index (χ2n) is 6.70. The lowest BCUT2D eigenvalue weighted by Crippen LogP contribution is -2.39. The highest BCUT2D eigenvalue weighted by Crippen LogP contribution is 2.30. The predicted octanol–water partition coefficient (Wildman–Crippen LogP) is 2.94. The van der Waals surface area contributed by atoms with Gasteiger partial charge in [0, 0.05) is 31.2 Å². The van der Waals surface area contributed by atoms with Gasteiger partial charge in [0.25, 0.3) is 5.91 Å². The molecular formula is C20H21FN2O2. The topological polar surface area (TPSA) is 41.6 Å². The van der Waals surface area contributed by atoms with Crippen molar-refractivity contribution in [2.24, 2.45) is 5.92 Å². The number of ether oxygens (including phenoxy) is 1. The first-order chi connectivity index (χ1) is 12.2. The van der Waals surface area contributed by atoms with E-state index in [9.17, 15) is 9.18 Å². The summed E-state index contributed by atoms with van der Waals surface area (Å²) in [6.45, 7) is 2.69. The van der Waals surface area contributed by atoms with Crippen LogP contribution in [0.25, 0.3) is 11.1 Å². The van der Waals surface area contributed by atoms with Crippen LogP contribution in [-0.4, -0.2) is 43.6 Å². The Morgan fingerprint density at radius 1 is 1.20 bits per heavy atom. The zero-order chi connectivity index (χ0) is 17.4. The summed E-state index contributed by atoms with van der Waals surface area (Å²) in [6, 6.07) is 12.6. The Balaban J connectivity index is 1.61. The molecule has 2 aromatic carbocycles. The maximum absolute atomic E-state index is 14.0. The Labute approximate surface area is 146 Å². The van der Waals surface area contributed by atoms with Crippen molar-refractivity contribution in [3.05, 3.63) is 53.8 Å². The standard InChI is InChI=1S/C20H21FN2O2/c1-25-19-6-5-14(10-17(19)21)13-3-2-4-15(9-13)20(24)23-8-7-16-11-22-12-18(16)23/h2-6,9-10,16,18,22H,7-8,11-12H2,1H3/t16-,18+/m0/s1. The van der Waals surface area contributed by atoms with Gasteiger partial charge < -0.3 is 15.0 Å². The molecule has 2 fully saturated rings. The molecular weight excluding hydrogens is 319 g/mol. The number of carbonyl (C=O) groups is 1. The number of nitrogens with zero attached hydrogens (tertiary/aromatic N) is 1. The first-order valence-corrected chi connectivity index (χ1v) is 8.63. The number of rotatable bonds is 3. The van der Waals surface area contributed by atoms with Gasteiger partial charge in [-0.15, -0.1) is 0 Å². The SMILES string of the molecule is COc1ccc(-c2cccc(C(=O)N3CC[C@H]4CNC[C@H]43)c2)cc1F. The number of carbonyl (C=O) groups excluding carboxylic acids is 1. The van der Waals surface area contributed by atoms with Crippen LogP contribution in [0.3, 0.4) is 0 Å². The van der Waals surface area contributed by atoms with Crippen molar-refractivity contribution in [1.82, 2.24) is 10.2 Å². The van der Waals surface area contributed by atoms with E-state index in [0.717, 1.165) is 37.2 Å². The third-order valence-corrected chi connectivity index (χ3v) is 5.30. The van der Waals surface area contributed by atoms with E-state index in [2.05, 4.69) is 5.32 Å². The van der Waals surface area contributed by atoms with Gasteiger partial charge in [-0.3, -0.25) is 4.79 Å². The lowest BCUT2D eigenvalue weighted by molar-refractivity contribution is 0.0737. The maximum Gasteiger partial charge on any atom is 0.254 e. The number of likely N-dealkylation sites (tertiary alicyclic amines) is 1. The summed E-state index contributed by atoms with van der Waals surface area (Å²) in [7, 11) is 1.44. The van der Waals surface area contributed by atoms with Gasteiger partial charge in [0.2, 0.25) is 0 Å². The van der Waals surface area contributed by atoms with Crippen LogP contribution in [0, 0.1) is 11.7 Å². The van der Waals surface area contributed by atoms with Crippen molar-refractivity contribution in [3.63, 3.8) is 0 Å². The molecule has 2 aliphatic heterocycles. The first-order valence-electron chi connectivity index (χ1n) is 8.63. The quantitative estimate of drug-likeness (QED) is 0.934. The van der Waals surface area contributed by atoms with Crippen LogP contribution in [0.1, 0.15) is 16.8 Å². The number of nitrogens with one attached hydrogen (secondary N) is 1. The van der Waals surface area contributed by atoms with Gasteiger partial charge in [-0.05, 0) is 47.7 Å². The molecule has 0 bridgehead atoms. The lowest BCUT2D eigenvalue weighted by Gasteiger charge is -2.23. The molecule has 0 radical (unpaired) electrons. The Kier molecular flexibility index (Phi) is 4.17. The van der Waals surface area contributed by atoms with Crippen LogP contribution < -0.4 is 10.1 Å². The largest absolute Gasteiger partial charge is 0.494 e. The molecule has 0 unspecified atom stereocenters. The minimum absolute atomic E-state index is 0.0621. The molecule has 2 heterocycles. The Morgan fingerprint density at radius 3 is 2.84 bits per heavy atom. The Morgan fingerprint density at radius 2 is 2.04 bits per heavy atom. The van der Waals surface area contributed by atoms with Crippen molar-refractivity contribution >= 4 is 5.91 Å². The summed E-state index contributed by atoms with van der Waals surface area (Å²) in [5, 5.41) is 3.37. The van der Waals surface area contributed by atoms with Crippen LogP contribution in [0.5, 0.6) is 5.75 Å². The molecule has 0 aliphatic carbocycles. The van der Waals surface area contributed by atoms with Gasteiger partial charge in [-0.1, -0.05) is 18.2 Å². The Bertz CT molecular complexity index is 808. The van der Waals surface area contributed by atoms with Crippen molar-refractivity contribution in [2.45, 2.75) is 12.5 Å². The highest BCUT2D eigenvalue weighted by Gasteiger charge is 2.40. The minimum Gasteiger partial charge on any atom is -0.494 e. The maximum atomic E-state index is 14.0. The Hall–Kier alpha value is -2.40. The fraction of sp³-hybridized carbons (Fsp3) is 0.350. The number of fused-ring (bicyclic) bond motifs is 1. The van der Waals surface area contributed by atoms with E-state index in [1.165, 1.54) is 13.2 Å². The fourth-order valence-electron chi connectivity index (χ4n) is 3.94. The molecule has 2 aromatic rings. The minimum atomic E-state index is -0.406. The summed E-state index contributed by atoms with van der Waals surface area (Å²) < 4.78 is 18.9. The van der Waals surface area contributed by atoms with Gasteiger partial charge in [0.1, 0.15) is 0 Å². The number of hydrogen-bond acceptors (Lipinski definition) is 3. The van der Waals surface area contributed by atoms with Gasteiger partial charge in [-0.2, -0.15) is 0 Å². The molecule has 0 spiro atoms. The molecule has 2 atom stereocenters. The van der Waals surface area contributed by atoms with E-state index in [1.54, 1.807) is 12.1 Å². The van der Waals surface area contributed by atoms with Crippen molar-refractivity contribution < 1.29 is 13.9 Å². The molecule has 2 aliphatic rings. The highest BCUT2D eigenvalue weighted by molar-refractivity contribution is 5.96. The van der Waals surface area contributed by atoms with E-state index in [0.29, 0.717) is 17.5 Å². The van der Waals surface area contributed by atoms with Crippen molar-refractivity contribution in [2.75, 3.05) is 26.7 Å². The van der Waals surface area contributed by atoms with Crippen molar-refractivity contribution in [1.29, 1.82) is 0 Å². The molecule has 130 valence electrons. The summed E-state index contributed by atoms with van der Waals surface area (Å²) in [5.41, 5.74) is 2.21. The normalized spacial score (nSPS) is 22.1. The molecule has 5 heteroatoms. The summed E-state index contributed by atoms with van der Waals surface area (Å²) in [5.74, 6) is 0.443. The second kappa shape index (κ2) is 6.48. The lowest BCUT2D eigenvalue weighted by atomic mass is 10.0. The molecule has 1 amide bonds. The molecule has 2 saturated heterocycles. The average molecular weight is 340 g/mol. The predicted molar refractivity (Wildman–Crippen MR) is 94.2 cm³/mol. The zero-order valence-electron chi connectivity index (χ0n) is 14.2. The van der Waals surface area contributed by atoms with E-state index in [4.69, 9.17) is 4.74 Å². The van der Waals surface area contributed by atoms with Gasteiger partial charge in [0.05, 0.1) is 7.11 Å². The third-order valence-electron chi connectivity index (χ3n) is 5.30. The summed E-state index contributed by atoms with van der Waals surface area (Å²) in [6.07, 6.45) is 1.06. The van der Waals surface area contributed by atoms with Crippen LogP contribution in [0.2, 0.25) is 0 Å². The number of hydrogen-bond donors (Lipinski definition) is 1. The number of halogens is 1. The van der Waals surface area contributed by atoms with Gasteiger partial charge in [-0.25, -0.2) is 4.39 Å². The van der Waals surface area contributed by atoms with Gasteiger partial charge in [0.15, 0.2) is 11.6 Å². The van der Waals surface area contributed by atoms with Crippen LogP contribution >= 0.6 is 0 Å². The molecule has 1 N–H and O–H groups in total. The van der Waals surface area contributed by atoms with E-state index < -0.39 is 5.82 Å². The molecule has 25 heavy (non-hydrogen) atoms. The third kappa shape index (κ3) is 2.89. The van der Waals surface area contributed by atoms with Crippen molar-refractivity contribution in [3.8, 4) is 16.9 Å². The summed E-state index contributed by atoms with van der Waals surface area (Å²) >= 11 is 0. The summed E-state index contributed by atoms with van der Waals surface area (Å²) in [4.78, 5) is 14.9. The monoisotopic (exact) mass is 340 g/mol. The number of methoxy groups -OCH3 is 1. The molecule has 4 nitrogen and oxygen atoms in total. The van der Waals surface area contributed by atoms with Gasteiger partial charge >= 0.3 is 0 Å². The number of benzene rings is 2.